The Balaban J connectivity index is 1.56. The third kappa shape index (κ3) is 4.67. The van der Waals surface area contributed by atoms with Crippen LogP contribution in [0.15, 0.2) is 24.3 Å². The number of hydrogen-bond acceptors (Lipinski definition) is 8. The molecular weight excluding hydrogens is 458 g/mol. The Bertz CT molecular complexity index is 1200. The van der Waals surface area contributed by atoms with Crippen LogP contribution >= 0.6 is 0 Å². The largest absolute Gasteiger partial charge is 0.378 e. The molecule has 0 spiro atoms. The standard InChI is InChI=1S/C23H28F2N8O2/c1-14(26)21(34)31-8-6-15(7-9-31)19-28-22(32-10-12-35-13-11-32)30-23(29-19)33-17-5-3-2-4-16(17)27-20(33)18(24)25/h2-5,14-15,18H,6-13,26H2,1H3/t14-/m1/s1. The number of halogens is 2. The van der Waals surface area contributed by atoms with Gasteiger partial charge in [-0.3, -0.25) is 9.36 Å². The highest BCUT2D eigenvalue weighted by Crippen LogP contribution is 2.30. The Morgan fingerprint density at radius 3 is 2.40 bits per heavy atom. The molecular formula is C23H28F2N8O2. The molecule has 2 aliphatic heterocycles. The van der Waals surface area contributed by atoms with E-state index >= 15 is 0 Å². The Kier molecular flexibility index (Phi) is 6.56. The van der Waals surface area contributed by atoms with E-state index in [1.54, 1.807) is 36.1 Å². The first-order valence-electron chi connectivity index (χ1n) is 11.8. The number of carbonyl (C=O) groups is 1. The first-order valence-corrected chi connectivity index (χ1v) is 11.8. The van der Waals surface area contributed by atoms with E-state index in [0.717, 1.165) is 0 Å². The third-order valence-electron chi connectivity index (χ3n) is 6.47. The van der Waals surface area contributed by atoms with Gasteiger partial charge in [0.25, 0.3) is 6.43 Å². The van der Waals surface area contributed by atoms with Crippen molar-refractivity contribution in [3.05, 3.63) is 35.9 Å². The van der Waals surface area contributed by atoms with E-state index in [-0.39, 0.29) is 17.8 Å². The second-order valence-electron chi connectivity index (χ2n) is 8.88. The highest BCUT2D eigenvalue weighted by Gasteiger charge is 2.30. The lowest BCUT2D eigenvalue weighted by atomic mass is 9.95. The smallest absolute Gasteiger partial charge is 0.296 e. The molecule has 3 aromatic rings. The summed E-state index contributed by atoms with van der Waals surface area (Å²) in [5.74, 6) is 0.546. The minimum atomic E-state index is -2.80. The highest BCUT2D eigenvalue weighted by atomic mass is 19.3. The number of morpholine rings is 1. The fraction of sp³-hybridized carbons (Fsp3) is 0.522. The van der Waals surface area contributed by atoms with Crippen LogP contribution in [0.2, 0.25) is 0 Å². The van der Waals surface area contributed by atoms with Crippen LogP contribution in [-0.4, -0.2) is 80.7 Å². The molecule has 1 amide bonds. The average molecular weight is 487 g/mol. The number of amides is 1. The number of likely N-dealkylation sites (tertiary alicyclic amines) is 1. The number of hydrogen-bond donors (Lipinski definition) is 1. The van der Waals surface area contributed by atoms with E-state index in [9.17, 15) is 13.6 Å². The SMILES string of the molecule is C[C@@H](N)C(=O)N1CCC(c2nc(N3CCOCC3)nc(-n3c(C(F)F)nc4ccccc43)n2)CC1. The van der Waals surface area contributed by atoms with Gasteiger partial charge in [-0.2, -0.15) is 15.0 Å². The molecule has 0 radical (unpaired) electrons. The maximum Gasteiger partial charge on any atom is 0.296 e. The number of para-hydroxylation sites is 2. The van der Waals surface area contributed by atoms with Gasteiger partial charge in [-0.1, -0.05) is 12.1 Å². The van der Waals surface area contributed by atoms with Gasteiger partial charge < -0.3 is 20.3 Å². The van der Waals surface area contributed by atoms with Crippen LogP contribution in [0.25, 0.3) is 17.0 Å². The van der Waals surface area contributed by atoms with Crippen molar-refractivity contribution < 1.29 is 18.3 Å². The molecule has 186 valence electrons. The lowest BCUT2D eigenvalue weighted by Gasteiger charge is -2.33. The van der Waals surface area contributed by atoms with E-state index < -0.39 is 18.3 Å². The minimum Gasteiger partial charge on any atom is -0.378 e. The molecule has 10 nitrogen and oxygen atoms in total. The summed E-state index contributed by atoms with van der Waals surface area (Å²) in [6, 6.07) is 6.39. The summed E-state index contributed by atoms with van der Waals surface area (Å²) in [5, 5.41) is 0. The predicted octanol–water partition coefficient (Wildman–Crippen LogP) is 2.04. The molecule has 12 heteroatoms. The molecule has 0 unspecified atom stereocenters. The molecule has 2 aromatic heterocycles. The maximum atomic E-state index is 14.0. The van der Waals surface area contributed by atoms with Gasteiger partial charge in [0.15, 0.2) is 5.82 Å². The number of carbonyl (C=O) groups excluding carboxylic acids is 1. The Hall–Kier alpha value is -3.25. The van der Waals surface area contributed by atoms with Gasteiger partial charge in [-0.15, -0.1) is 0 Å². The second-order valence-corrected chi connectivity index (χ2v) is 8.88. The molecule has 0 bridgehead atoms. The third-order valence-corrected chi connectivity index (χ3v) is 6.47. The average Bonchev–Trinajstić information content (AvgIpc) is 3.29. The fourth-order valence-corrected chi connectivity index (χ4v) is 4.60. The monoisotopic (exact) mass is 486 g/mol. The van der Waals surface area contributed by atoms with Crippen LogP contribution in [0.3, 0.4) is 0 Å². The van der Waals surface area contributed by atoms with Crippen molar-refractivity contribution in [1.82, 2.24) is 29.4 Å². The van der Waals surface area contributed by atoms with E-state index in [2.05, 4.69) is 15.0 Å². The van der Waals surface area contributed by atoms with Crippen molar-refractivity contribution in [2.75, 3.05) is 44.3 Å². The van der Waals surface area contributed by atoms with Crippen molar-refractivity contribution in [3.8, 4) is 5.95 Å². The Morgan fingerprint density at radius 2 is 1.71 bits per heavy atom. The first kappa shape index (κ1) is 23.5. The first-order chi connectivity index (χ1) is 16.9. The molecule has 4 heterocycles. The summed E-state index contributed by atoms with van der Waals surface area (Å²) in [4.78, 5) is 34.2. The number of imidazole rings is 1. The lowest BCUT2D eigenvalue weighted by Crippen LogP contribution is -2.45. The number of anilines is 1. The summed E-state index contributed by atoms with van der Waals surface area (Å²) in [6.07, 6.45) is -1.50. The molecule has 1 aromatic carbocycles. The molecule has 1 atom stereocenters. The van der Waals surface area contributed by atoms with Crippen LogP contribution in [0.1, 0.15) is 43.8 Å². The van der Waals surface area contributed by atoms with Crippen molar-refractivity contribution >= 4 is 22.9 Å². The zero-order valence-corrected chi connectivity index (χ0v) is 19.5. The van der Waals surface area contributed by atoms with E-state index in [1.807, 2.05) is 4.90 Å². The topological polar surface area (TPSA) is 115 Å². The van der Waals surface area contributed by atoms with Gasteiger partial charge in [-0.25, -0.2) is 13.8 Å². The van der Waals surface area contributed by atoms with E-state index in [4.69, 9.17) is 15.5 Å². The van der Waals surface area contributed by atoms with Gasteiger partial charge in [0.2, 0.25) is 17.8 Å². The normalized spacial score (nSPS) is 18.4. The molecule has 2 fully saturated rings. The summed E-state index contributed by atoms with van der Waals surface area (Å²) < 4.78 is 34.8. The second kappa shape index (κ2) is 9.78. The summed E-state index contributed by atoms with van der Waals surface area (Å²) in [5.41, 5.74) is 6.71. The molecule has 2 aliphatic rings. The molecule has 0 saturated carbocycles. The zero-order valence-electron chi connectivity index (χ0n) is 19.5. The number of benzene rings is 1. The van der Waals surface area contributed by atoms with E-state index in [0.29, 0.717) is 75.0 Å². The lowest BCUT2D eigenvalue weighted by molar-refractivity contribution is -0.133. The number of fused-ring (bicyclic) bond motifs is 1. The summed E-state index contributed by atoms with van der Waals surface area (Å²) in [6.45, 7) is 5.00. The minimum absolute atomic E-state index is 0.0431. The van der Waals surface area contributed by atoms with Crippen LogP contribution < -0.4 is 10.6 Å². The summed E-state index contributed by atoms with van der Waals surface area (Å²) in [7, 11) is 0. The van der Waals surface area contributed by atoms with Crippen LogP contribution in [0.5, 0.6) is 0 Å². The number of ether oxygens (including phenoxy) is 1. The maximum absolute atomic E-state index is 14.0. The van der Waals surface area contributed by atoms with Crippen molar-refractivity contribution in [2.24, 2.45) is 5.73 Å². The number of rotatable bonds is 5. The van der Waals surface area contributed by atoms with Gasteiger partial charge in [0, 0.05) is 32.1 Å². The fourth-order valence-electron chi connectivity index (χ4n) is 4.60. The van der Waals surface area contributed by atoms with Gasteiger partial charge in [-0.05, 0) is 31.9 Å². The molecule has 2 saturated heterocycles. The van der Waals surface area contributed by atoms with Crippen LogP contribution in [0, 0.1) is 0 Å². The molecule has 0 aliphatic carbocycles. The van der Waals surface area contributed by atoms with Crippen molar-refractivity contribution in [3.63, 3.8) is 0 Å². The van der Waals surface area contributed by atoms with Crippen molar-refractivity contribution in [2.45, 2.75) is 38.2 Å². The van der Waals surface area contributed by atoms with Gasteiger partial charge in [0.1, 0.15) is 5.82 Å². The quantitative estimate of drug-likeness (QED) is 0.583. The highest BCUT2D eigenvalue weighted by molar-refractivity contribution is 5.81. The van der Waals surface area contributed by atoms with Gasteiger partial charge >= 0.3 is 0 Å². The van der Waals surface area contributed by atoms with Crippen molar-refractivity contribution in [1.29, 1.82) is 0 Å². The van der Waals surface area contributed by atoms with E-state index in [1.165, 1.54) is 4.57 Å². The van der Waals surface area contributed by atoms with Crippen LogP contribution in [-0.2, 0) is 9.53 Å². The van der Waals surface area contributed by atoms with Gasteiger partial charge in [0.05, 0.1) is 30.3 Å². The number of nitrogens with two attached hydrogens (primary N) is 1. The summed E-state index contributed by atoms with van der Waals surface area (Å²) >= 11 is 0. The number of aromatic nitrogens is 5. The number of nitrogens with zero attached hydrogens (tertiary/aromatic N) is 7. The molecule has 2 N–H and O–H groups in total. The predicted molar refractivity (Wildman–Crippen MR) is 125 cm³/mol. The van der Waals surface area contributed by atoms with Crippen LogP contribution in [0.4, 0.5) is 14.7 Å². The Labute approximate surface area is 201 Å². The number of alkyl halides is 2. The number of piperidine rings is 1. The zero-order chi connectivity index (χ0) is 24.5. The Morgan fingerprint density at radius 1 is 1.03 bits per heavy atom. The molecule has 35 heavy (non-hydrogen) atoms. The molecule has 5 rings (SSSR count).